The number of fused-ring (bicyclic) bond motifs is 4. The lowest BCUT2D eigenvalue weighted by Crippen LogP contribution is -2.47. The molecule has 0 bridgehead atoms. The van der Waals surface area contributed by atoms with Gasteiger partial charge in [0, 0.05) is 0 Å². The first-order valence-corrected chi connectivity index (χ1v) is 20.1. The average Bonchev–Trinajstić information content (AvgIpc) is 3.37. The van der Waals surface area contributed by atoms with Crippen molar-refractivity contribution in [2.45, 2.75) is 149 Å². The fraction of sp³-hybridized carbons (Fsp3) is 0.944. The first-order valence-electron chi connectivity index (χ1n) is 16.9. The van der Waals surface area contributed by atoms with E-state index in [0.717, 1.165) is 64.3 Å². The molecule has 0 heterocycles. The Labute approximate surface area is 233 Å². The summed E-state index contributed by atoms with van der Waals surface area (Å²) in [6, 6.07) is 0. The van der Waals surface area contributed by atoms with E-state index in [1.807, 2.05) is 0 Å². The molecule has 5 aliphatic carbocycles. The Balaban J connectivity index is 1.49. The number of hydrogen-bond donors (Lipinski definition) is 0. The molecule has 0 spiro atoms. The highest BCUT2D eigenvalue weighted by atomic mass is 28.3. The summed E-state index contributed by atoms with van der Waals surface area (Å²) in [4.78, 5) is 0. The van der Waals surface area contributed by atoms with Crippen molar-refractivity contribution in [2.75, 3.05) is 0 Å². The van der Waals surface area contributed by atoms with Crippen LogP contribution in [0.5, 0.6) is 0 Å². The predicted octanol–water partition coefficient (Wildman–Crippen LogP) is 11.4. The molecule has 5 aliphatic rings. The lowest BCUT2D eigenvalue weighted by Gasteiger charge is -2.49. The largest absolute Gasteiger partial charge is 0.103 e. The van der Waals surface area contributed by atoms with Gasteiger partial charge in [0.1, 0.15) is 0 Å². The molecule has 0 aromatic rings. The monoisotopic (exact) mass is 524 g/mol. The molecule has 5 fully saturated rings. The second-order valence-corrected chi connectivity index (χ2v) is 22.9. The molecular formula is C36H64Si. The standard InChI is InChI=1S/C36H64Si/c1-10-11-14-24-21-33(30-16-13-12-15-27(24)30)37(8,9)34-31-22-25(35(2,3)4)17-19-28(31)29-20-18-26(23-32(29)34)36(5,6)7/h10,24-34H,1,11-23H2,2-9H3. The van der Waals surface area contributed by atoms with Gasteiger partial charge in [-0.15, -0.1) is 6.58 Å². The Kier molecular flexibility index (Phi) is 8.02. The maximum atomic E-state index is 4.11. The van der Waals surface area contributed by atoms with Crippen molar-refractivity contribution >= 4 is 8.07 Å². The molecule has 1 heteroatoms. The van der Waals surface area contributed by atoms with Crippen molar-refractivity contribution in [3.63, 3.8) is 0 Å². The van der Waals surface area contributed by atoms with Gasteiger partial charge in [-0.25, -0.2) is 0 Å². The van der Waals surface area contributed by atoms with E-state index < -0.39 is 8.07 Å². The summed E-state index contributed by atoms with van der Waals surface area (Å²) in [6.07, 6.45) is 22.0. The molecule has 0 saturated heterocycles. The van der Waals surface area contributed by atoms with Gasteiger partial charge in [-0.05, 0) is 139 Å². The molecule has 37 heavy (non-hydrogen) atoms. The second kappa shape index (κ2) is 10.4. The molecule has 0 radical (unpaired) electrons. The highest BCUT2D eigenvalue weighted by molar-refractivity contribution is 6.80. The van der Waals surface area contributed by atoms with Crippen LogP contribution in [0.25, 0.3) is 0 Å². The van der Waals surface area contributed by atoms with Crippen LogP contribution < -0.4 is 0 Å². The van der Waals surface area contributed by atoms with E-state index in [1.54, 1.807) is 44.9 Å². The normalized spacial score (nSPS) is 44.7. The third-order valence-corrected chi connectivity index (χ3v) is 19.1. The predicted molar refractivity (Wildman–Crippen MR) is 166 cm³/mol. The van der Waals surface area contributed by atoms with Gasteiger partial charge in [0.25, 0.3) is 0 Å². The minimum atomic E-state index is -1.45. The maximum Gasteiger partial charge on any atom is 0.0544 e. The van der Waals surface area contributed by atoms with Crippen LogP contribution in [0.1, 0.15) is 125 Å². The summed E-state index contributed by atoms with van der Waals surface area (Å²) in [5, 5.41) is 0. The van der Waals surface area contributed by atoms with E-state index in [1.165, 1.54) is 38.5 Å². The molecule has 0 N–H and O–H groups in total. The van der Waals surface area contributed by atoms with Gasteiger partial charge in [-0.1, -0.05) is 80.0 Å². The molecule has 0 aromatic carbocycles. The van der Waals surface area contributed by atoms with Gasteiger partial charge < -0.3 is 0 Å². The van der Waals surface area contributed by atoms with E-state index in [0.29, 0.717) is 10.8 Å². The number of rotatable bonds is 5. The van der Waals surface area contributed by atoms with E-state index in [-0.39, 0.29) is 0 Å². The van der Waals surface area contributed by atoms with Gasteiger partial charge in [0.15, 0.2) is 0 Å². The quantitative estimate of drug-likeness (QED) is 0.248. The van der Waals surface area contributed by atoms with Gasteiger partial charge in [-0.3, -0.25) is 0 Å². The number of allylic oxidation sites excluding steroid dienone is 1. The highest BCUT2D eigenvalue weighted by Crippen LogP contribution is 2.70. The summed E-state index contributed by atoms with van der Waals surface area (Å²) in [5.74, 6) is 9.30. The SMILES string of the molecule is C=CCCC1CC([Si](C)(C)C2C3CC(C(C)(C)C)CCC3C3CCC(C(C)(C)C)CC32)C2CCCCC12. The van der Waals surface area contributed by atoms with Crippen molar-refractivity contribution in [3.05, 3.63) is 12.7 Å². The Morgan fingerprint density at radius 3 is 1.65 bits per heavy atom. The van der Waals surface area contributed by atoms with Gasteiger partial charge in [-0.2, -0.15) is 0 Å². The molecule has 0 nitrogen and oxygen atoms in total. The fourth-order valence-corrected chi connectivity index (χ4v) is 18.0. The maximum absolute atomic E-state index is 4.11. The topological polar surface area (TPSA) is 0 Å². The zero-order valence-electron chi connectivity index (χ0n) is 26.3. The minimum Gasteiger partial charge on any atom is -0.103 e. The summed E-state index contributed by atoms with van der Waals surface area (Å²) in [7, 11) is -1.45. The lowest BCUT2D eigenvalue weighted by atomic mass is 9.62. The van der Waals surface area contributed by atoms with Crippen molar-refractivity contribution in [1.82, 2.24) is 0 Å². The summed E-state index contributed by atoms with van der Waals surface area (Å²) >= 11 is 0. The van der Waals surface area contributed by atoms with Crippen LogP contribution in [-0.4, -0.2) is 8.07 Å². The first kappa shape index (κ1) is 28.5. The Hall–Kier alpha value is -0.0431. The summed E-state index contributed by atoms with van der Waals surface area (Å²) < 4.78 is 0. The Morgan fingerprint density at radius 2 is 1.16 bits per heavy atom. The molecule has 5 saturated carbocycles. The van der Waals surface area contributed by atoms with E-state index in [4.69, 9.17) is 0 Å². The summed E-state index contributed by atoms with van der Waals surface area (Å²) in [6.45, 7) is 25.4. The molecule has 0 aliphatic heterocycles. The summed E-state index contributed by atoms with van der Waals surface area (Å²) in [5.41, 5.74) is 3.17. The highest BCUT2D eigenvalue weighted by Gasteiger charge is 2.62. The van der Waals surface area contributed by atoms with Crippen LogP contribution in [0.4, 0.5) is 0 Å². The van der Waals surface area contributed by atoms with Crippen molar-refractivity contribution in [3.8, 4) is 0 Å². The van der Waals surface area contributed by atoms with Crippen molar-refractivity contribution in [2.24, 2.45) is 64.1 Å². The average molecular weight is 525 g/mol. The van der Waals surface area contributed by atoms with Crippen LogP contribution in [0.15, 0.2) is 12.7 Å². The van der Waals surface area contributed by atoms with Crippen LogP contribution in [0.3, 0.4) is 0 Å². The molecule has 5 rings (SSSR count). The third kappa shape index (κ3) is 5.24. The van der Waals surface area contributed by atoms with Crippen LogP contribution in [0.2, 0.25) is 24.2 Å². The smallest absolute Gasteiger partial charge is 0.0544 e. The Morgan fingerprint density at radius 1 is 0.649 bits per heavy atom. The third-order valence-electron chi connectivity index (χ3n) is 13.9. The van der Waals surface area contributed by atoms with E-state index in [9.17, 15) is 0 Å². The number of hydrogen-bond acceptors (Lipinski definition) is 0. The van der Waals surface area contributed by atoms with Gasteiger partial charge in [0.05, 0.1) is 8.07 Å². The fourth-order valence-electron chi connectivity index (χ4n) is 12.1. The zero-order chi connectivity index (χ0) is 26.8. The Bertz CT molecular complexity index is 756. The van der Waals surface area contributed by atoms with Crippen molar-refractivity contribution < 1.29 is 0 Å². The molecule has 0 aromatic heterocycles. The zero-order valence-corrected chi connectivity index (χ0v) is 27.3. The lowest BCUT2D eigenvalue weighted by molar-refractivity contribution is 0.0722. The van der Waals surface area contributed by atoms with Crippen LogP contribution in [-0.2, 0) is 0 Å². The van der Waals surface area contributed by atoms with Gasteiger partial charge >= 0.3 is 0 Å². The van der Waals surface area contributed by atoms with Gasteiger partial charge in [0.2, 0.25) is 0 Å². The molecule has 10 unspecified atom stereocenters. The minimum absolute atomic E-state index is 0.487. The molecule has 212 valence electrons. The van der Waals surface area contributed by atoms with E-state index in [2.05, 4.69) is 67.3 Å². The van der Waals surface area contributed by atoms with E-state index >= 15 is 0 Å². The molecule has 10 atom stereocenters. The van der Waals surface area contributed by atoms with Crippen molar-refractivity contribution in [1.29, 1.82) is 0 Å². The first-order chi connectivity index (χ1) is 17.3. The van der Waals surface area contributed by atoms with Crippen LogP contribution >= 0.6 is 0 Å². The molecule has 0 amide bonds. The molecular weight excluding hydrogens is 460 g/mol. The second-order valence-electron chi connectivity index (χ2n) is 17.8. The van der Waals surface area contributed by atoms with Crippen LogP contribution in [0, 0.1) is 64.1 Å².